The quantitative estimate of drug-likeness (QED) is 0.496. The van der Waals surface area contributed by atoms with E-state index in [9.17, 15) is 9.50 Å². The molecule has 0 aliphatic carbocycles. The lowest BCUT2D eigenvalue weighted by molar-refractivity contribution is 0.471. The summed E-state index contributed by atoms with van der Waals surface area (Å²) < 4.78 is 13.3. The molecule has 6 heteroatoms. The molecular weight excluding hydrogens is 324 g/mol. The van der Waals surface area contributed by atoms with Gasteiger partial charge >= 0.3 is 0 Å². The van der Waals surface area contributed by atoms with Gasteiger partial charge in [0, 0.05) is 15.8 Å². The Hall–Kier alpha value is -1.80. The van der Waals surface area contributed by atoms with Gasteiger partial charge in [0.05, 0.1) is 5.69 Å². The van der Waals surface area contributed by atoms with E-state index in [0.29, 0.717) is 3.57 Å². The third kappa shape index (κ3) is 2.84. The second-order valence-electron chi connectivity index (χ2n) is 2.71. The van der Waals surface area contributed by atoms with Crippen molar-refractivity contribution in [3.63, 3.8) is 0 Å². The molecule has 0 saturated carbocycles. The molecule has 0 atom stereocenters. The molecule has 0 radical (unpaired) electrons. The highest BCUT2D eigenvalue weighted by atomic mass is 127. The number of rotatable bonds is 2. The Morgan fingerprint density at radius 1 is 1.44 bits per heavy atom. The summed E-state index contributed by atoms with van der Waals surface area (Å²) in [6.45, 7) is 0. The number of nitrogens with one attached hydrogen (secondary N) is 1. The zero-order valence-electron chi connectivity index (χ0n) is 7.83. The van der Waals surface area contributed by atoms with Crippen molar-refractivity contribution in [1.82, 2.24) is 0 Å². The second kappa shape index (κ2) is 5.33. The summed E-state index contributed by atoms with van der Waals surface area (Å²) in [5.41, 5.74) is 0.115. The van der Waals surface area contributed by atoms with Crippen molar-refractivity contribution in [3.05, 3.63) is 33.3 Å². The van der Waals surface area contributed by atoms with Gasteiger partial charge in [-0.15, -0.1) is 0 Å². The first kappa shape index (κ1) is 12.3. The molecule has 16 heavy (non-hydrogen) atoms. The van der Waals surface area contributed by atoms with Crippen LogP contribution in [0.2, 0.25) is 0 Å². The Balaban J connectivity index is 3.05. The summed E-state index contributed by atoms with van der Waals surface area (Å²) in [7, 11) is 0. The molecule has 0 fully saturated rings. The fourth-order valence-electron chi connectivity index (χ4n) is 0.937. The number of hydrogen-bond acceptors (Lipinski definition) is 4. The Morgan fingerprint density at radius 3 is 2.56 bits per heavy atom. The monoisotopic (exact) mass is 329 g/mol. The number of benzene rings is 1. The minimum Gasteiger partial charge on any atom is -0.506 e. The molecule has 0 aliphatic rings. The first-order valence-electron chi connectivity index (χ1n) is 4.03. The number of phenolic OH excluding ortho intramolecular Hbond substituents is 1. The minimum atomic E-state index is -0.558. The maximum absolute atomic E-state index is 12.8. The van der Waals surface area contributed by atoms with E-state index in [0.717, 1.165) is 12.3 Å². The Kier molecular flexibility index (Phi) is 4.09. The Morgan fingerprint density at radius 2 is 2.06 bits per heavy atom. The van der Waals surface area contributed by atoms with Crippen LogP contribution in [0.1, 0.15) is 0 Å². The maximum atomic E-state index is 12.8. The van der Waals surface area contributed by atoms with E-state index in [1.54, 1.807) is 12.1 Å². The Bertz CT molecular complexity index is 489. The van der Waals surface area contributed by atoms with Crippen LogP contribution < -0.4 is 5.32 Å². The number of nitriles is 2. The zero-order chi connectivity index (χ0) is 12.1. The van der Waals surface area contributed by atoms with Gasteiger partial charge in [-0.3, -0.25) is 0 Å². The molecule has 0 aliphatic heterocycles. The molecule has 0 aromatic heterocycles. The highest BCUT2D eigenvalue weighted by Crippen LogP contribution is 2.30. The molecule has 80 valence electrons. The second-order valence-corrected chi connectivity index (χ2v) is 3.87. The molecule has 0 spiro atoms. The van der Waals surface area contributed by atoms with E-state index in [1.165, 1.54) is 6.07 Å². The first-order valence-corrected chi connectivity index (χ1v) is 5.11. The molecule has 1 rings (SSSR count). The maximum Gasteiger partial charge on any atom is 0.145 e. The number of hydrogen-bond donors (Lipinski definition) is 2. The number of allylic oxidation sites excluding steroid dienone is 1. The van der Waals surface area contributed by atoms with Crippen molar-refractivity contribution >= 4 is 28.3 Å². The average Bonchev–Trinajstić information content (AvgIpc) is 2.22. The van der Waals surface area contributed by atoms with Crippen LogP contribution in [0.15, 0.2) is 23.9 Å². The predicted molar refractivity (Wildman–Crippen MR) is 63.7 cm³/mol. The molecule has 2 N–H and O–H groups in total. The average molecular weight is 329 g/mol. The molecule has 0 saturated heterocycles. The highest BCUT2D eigenvalue weighted by Gasteiger charge is 2.07. The van der Waals surface area contributed by atoms with Gasteiger partial charge in [0.25, 0.3) is 0 Å². The van der Waals surface area contributed by atoms with Crippen LogP contribution in [0.5, 0.6) is 5.75 Å². The summed E-state index contributed by atoms with van der Waals surface area (Å²) >= 11 is 1.82. The van der Waals surface area contributed by atoms with Gasteiger partial charge in [-0.2, -0.15) is 10.5 Å². The third-order valence-electron chi connectivity index (χ3n) is 1.64. The van der Waals surface area contributed by atoms with Crippen molar-refractivity contribution in [2.45, 2.75) is 0 Å². The molecule has 0 heterocycles. The SMILES string of the molecule is N#CC(C#N)=CNc1c(O)cc(F)cc1I. The summed E-state index contributed by atoms with van der Waals surface area (Å²) in [4.78, 5) is 0. The van der Waals surface area contributed by atoms with Crippen LogP contribution in [0.3, 0.4) is 0 Å². The number of halogens is 2. The van der Waals surface area contributed by atoms with Crippen LogP contribution in [0.4, 0.5) is 10.1 Å². The number of anilines is 1. The Labute approximate surface area is 105 Å². The van der Waals surface area contributed by atoms with Crippen LogP contribution in [-0.2, 0) is 0 Å². The van der Waals surface area contributed by atoms with Gasteiger partial charge in [0.15, 0.2) is 0 Å². The van der Waals surface area contributed by atoms with Crippen LogP contribution in [-0.4, -0.2) is 5.11 Å². The van der Waals surface area contributed by atoms with Crippen molar-refractivity contribution in [2.24, 2.45) is 0 Å². The van der Waals surface area contributed by atoms with Gasteiger partial charge in [0.2, 0.25) is 0 Å². The van der Waals surface area contributed by atoms with Gasteiger partial charge < -0.3 is 10.4 Å². The van der Waals surface area contributed by atoms with E-state index in [4.69, 9.17) is 10.5 Å². The van der Waals surface area contributed by atoms with Gasteiger partial charge in [-0.1, -0.05) is 0 Å². The number of nitrogens with zero attached hydrogens (tertiary/aromatic N) is 2. The van der Waals surface area contributed by atoms with Crippen LogP contribution in [0.25, 0.3) is 0 Å². The van der Waals surface area contributed by atoms with Crippen molar-refractivity contribution in [2.75, 3.05) is 5.32 Å². The molecule has 4 nitrogen and oxygen atoms in total. The van der Waals surface area contributed by atoms with E-state index in [1.807, 2.05) is 22.6 Å². The topological polar surface area (TPSA) is 79.8 Å². The molecule has 1 aromatic rings. The van der Waals surface area contributed by atoms with Crippen molar-refractivity contribution in [3.8, 4) is 17.9 Å². The summed E-state index contributed by atoms with van der Waals surface area (Å²) in [5.74, 6) is -0.840. The number of phenols is 1. The van der Waals surface area contributed by atoms with Gasteiger partial charge in [-0.25, -0.2) is 4.39 Å². The summed E-state index contributed by atoms with van der Waals surface area (Å²) in [6.07, 6.45) is 1.15. The zero-order valence-corrected chi connectivity index (χ0v) is 9.99. The molecule has 0 bridgehead atoms. The van der Waals surface area contributed by atoms with Crippen LogP contribution in [0, 0.1) is 32.0 Å². The highest BCUT2D eigenvalue weighted by molar-refractivity contribution is 14.1. The van der Waals surface area contributed by atoms with Crippen LogP contribution >= 0.6 is 22.6 Å². The molecular formula is C10H5FIN3O. The smallest absolute Gasteiger partial charge is 0.145 e. The fraction of sp³-hybridized carbons (Fsp3) is 0. The lowest BCUT2D eigenvalue weighted by Crippen LogP contribution is -1.94. The standard InChI is InChI=1S/C10H5FIN3O/c11-7-1-8(12)10(9(16)2-7)15-5-6(3-13)4-14/h1-2,5,15-16H. The van der Waals surface area contributed by atoms with Crippen molar-refractivity contribution < 1.29 is 9.50 Å². The third-order valence-corrected chi connectivity index (χ3v) is 2.49. The summed E-state index contributed by atoms with van der Waals surface area (Å²) in [5, 5.41) is 29.0. The minimum absolute atomic E-state index is 0.139. The first-order chi connectivity index (χ1) is 7.58. The lowest BCUT2D eigenvalue weighted by Gasteiger charge is -2.06. The molecule has 0 amide bonds. The van der Waals surface area contributed by atoms with E-state index in [2.05, 4.69) is 5.32 Å². The van der Waals surface area contributed by atoms with E-state index >= 15 is 0 Å². The van der Waals surface area contributed by atoms with Crippen molar-refractivity contribution in [1.29, 1.82) is 10.5 Å². The number of aromatic hydroxyl groups is 1. The molecule has 0 unspecified atom stereocenters. The van der Waals surface area contributed by atoms with Gasteiger partial charge in [-0.05, 0) is 28.7 Å². The van der Waals surface area contributed by atoms with Gasteiger partial charge in [0.1, 0.15) is 29.3 Å². The summed E-state index contributed by atoms with van der Waals surface area (Å²) in [6, 6.07) is 5.46. The predicted octanol–water partition coefficient (Wildman–Crippen LogP) is 2.48. The normalized spacial score (nSPS) is 8.75. The largest absolute Gasteiger partial charge is 0.506 e. The van der Waals surface area contributed by atoms with E-state index < -0.39 is 5.82 Å². The molecule has 1 aromatic carbocycles. The van der Waals surface area contributed by atoms with E-state index in [-0.39, 0.29) is 17.0 Å². The lowest BCUT2D eigenvalue weighted by atomic mass is 10.3. The fourth-order valence-corrected chi connectivity index (χ4v) is 1.67.